The van der Waals surface area contributed by atoms with Crippen molar-refractivity contribution in [3.8, 4) is 0 Å². The quantitative estimate of drug-likeness (QED) is 0.787. The van der Waals surface area contributed by atoms with Gasteiger partial charge in [-0.2, -0.15) is 0 Å². The Bertz CT molecular complexity index is 343. The molecule has 0 aromatic carbocycles. The predicted molar refractivity (Wildman–Crippen MR) is 63.5 cm³/mol. The first kappa shape index (κ1) is 12.4. The van der Waals surface area contributed by atoms with E-state index in [0.29, 0.717) is 0 Å². The van der Waals surface area contributed by atoms with E-state index in [0.717, 1.165) is 32.1 Å². The number of hydrogen-bond donors (Lipinski definition) is 2. The Hall–Kier alpha value is -1.06. The van der Waals surface area contributed by atoms with Crippen LogP contribution in [0, 0.1) is 11.3 Å². The molecule has 2 fully saturated rings. The molecular weight excluding hydrogens is 218 g/mol. The maximum Gasteiger partial charge on any atom is 0.305 e. The summed E-state index contributed by atoms with van der Waals surface area (Å²) >= 11 is 0. The van der Waals surface area contributed by atoms with Crippen LogP contribution in [0.3, 0.4) is 0 Å². The number of rotatable bonds is 4. The van der Waals surface area contributed by atoms with E-state index in [9.17, 15) is 9.59 Å². The van der Waals surface area contributed by atoms with Crippen molar-refractivity contribution < 1.29 is 14.7 Å². The van der Waals surface area contributed by atoms with Gasteiger partial charge in [-0.25, -0.2) is 0 Å². The zero-order valence-electron chi connectivity index (χ0n) is 10.6. The molecule has 2 aliphatic rings. The Kier molecular flexibility index (Phi) is 2.92. The summed E-state index contributed by atoms with van der Waals surface area (Å²) in [5.74, 6) is -0.686. The van der Waals surface area contributed by atoms with Crippen LogP contribution in [0.25, 0.3) is 0 Å². The highest BCUT2D eigenvalue weighted by Crippen LogP contribution is 2.52. The van der Waals surface area contributed by atoms with E-state index in [1.54, 1.807) is 0 Å². The van der Waals surface area contributed by atoms with Gasteiger partial charge in [-0.3, -0.25) is 9.59 Å². The second-order valence-electron chi connectivity index (χ2n) is 6.29. The first-order valence-corrected chi connectivity index (χ1v) is 6.39. The van der Waals surface area contributed by atoms with Crippen LogP contribution in [0.2, 0.25) is 0 Å². The summed E-state index contributed by atoms with van der Waals surface area (Å²) in [7, 11) is 0. The Balaban J connectivity index is 1.98. The number of amides is 1. The van der Waals surface area contributed by atoms with Crippen molar-refractivity contribution in [1.29, 1.82) is 0 Å². The Morgan fingerprint density at radius 2 is 1.82 bits per heavy atom. The third-order valence-corrected chi connectivity index (χ3v) is 4.27. The van der Waals surface area contributed by atoms with Crippen LogP contribution in [-0.2, 0) is 9.59 Å². The van der Waals surface area contributed by atoms with Crippen LogP contribution < -0.4 is 5.32 Å². The second kappa shape index (κ2) is 4.00. The normalized spacial score (nSPS) is 28.7. The Morgan fingerprint density at radius 3 is 2.24 bits per heavy atom. The Labute approximate surface area is 102 Å². The van der Waals surface area contributed by atoms with Crippen molar-refractivity contribution in [2.24, 2.45) is 11.3 Å². The molecule has 2 aliphatic carbocycles. The third kappa shape index (κ3) is 2.61. The molecule has 4 heteroatoms. The lowest BCUT2D eigenvalue weighted by Crippen LogP contribution is -2.48. The second-order valence-corrected chi connectivity index (χ2v) is 6.29. The fraction of sp³-hybridized carbons (Fsp3) is 0.846. The molecule has 4 nitrogen and oxygen atoms in total. The summed E-state index contributed by atoms with van der Waals surface area (Å²) in [5, 5.41) is 12.0. The summed E-state index contributed by atoms with van der Waals surface area (Å²) < 4.78 is 0. The van der Waals surface area contributed by atoms with Gasteiger partial charge >= 0.3 is 5.97 Å². The lowest BCUT2D eigenvalue weighted by atomic mass is 9.92. The van der Waals surface area contributed by atoms with Gasteiger partial charge in [-0.05, 0) is 24.7 Å². The first-order chi connectivity index (χ1) is 7.85. The zero-order valence-corrected chi connectivity index (χ0v) is 10.6. The minimum Gasteiger partial charge on any atom is -0.481 e. The van der Waals surface area contributed by atoms with E-state index >= 15 is 0 Å². The molecule has 0 aromatic heterocycles. The molecule has 0 bridgehead atoms. The van der Waals surface area contributed by atoms with Crippen LogP contribution in [0.15, 0.2) is 0 Å². The molecule has 0 saturated heterocycles. The lowest BCUT2D eigenvalue weighted by molar-refractivity contribution is -0.139. The highest BCUT2D eigenvalue weighted by atomic mass is 16.4. The van der Waals surface area contributed by atoms with Gasteiger partial charge in [-0.1, -0.05) is 26.7 Å². The van der Waals surface area contributed by atoms with Crippen molar-refractivity contribution >= 4 is 11.9 Å². The van der Waals surface area contributed by atoms with E-state index in [1.165, 1.54) is 0 Å². The topological polar surface area (TPSA) is 66.4 Å². The molecule has 96 valence electrons. The van der Waals surface area contributed by atoms with Crippen molar-refractivity contribution in [1.82, 2.24) is 5.32 Å². The van der Waals surface area contributed by atoms with Crippen LogP contribution >= 0.6 is 0 Å². The summed E-state index contributed by atoms with van der Waals surface area (Å²) in [5.41, 5.74) is -0.366. The third-order valence-electron chi connectivity index (χ3n) is 4.27. The van der Waals surface area contributed by atoms with E-state index in [-0.39, 0.29) is 23.7 Å². The molecule has 0 spiro atoms. The number of carboxylic acid groups (broad SMARTS) is 1. The zero-order chi connectivity index (χ0) is 12.7. The monoisotopic (exact) mass is 239 g/mol. The number of carboxylic acids is 1. The van der Waals surface area contributed by atoms with E-state index < -0.39 is 11.5 Å². The molecule has 0 radical (unpaired) electrons. The molecule has 2 N–H and O–H groups in total. The molecule has 0 heterocycles. The largest absolute Gasteiger partial charge is 0.481 e. The van der Waals surface area contributed by atoms with Gasteiger partial charge in [0.25, 0.3) is 0 Å². The maximum absolute atomic E-state index is 12.1. The van der Waals surface area contributed by atoms with Crippen LogP contribution in [0.4, 0.5) is 0 Å². The van der Waals surface area contributed by atoms with Gasteiger partial charge < -0.3 is 10.4 Å². The molecule has 17 heavy (non-hydrogen) atoms. The SMILES string of the molecule is CC1(C)C[C@@H]1C(=O)NC1(CC(=O)O)CCCC1. The molecule has 0 aliphatic heterocycles. The number of carbonyl (C=O) groups is 2. The fourth-order valence-electron chi connectivity index (χ4n) is 2.95. The number of aliphatic carboxylic acids is 1. The summed E-state index contributed by atoms with van der Waals surface area (Å²) in [4.78, 5) is 23.0. The molecular formula is C13H21NO3. The van der Waals surface area contributed by atoms with E-state index in [2.05, 4.69) is 19.2 Å². The van der Waals surface area contributed by atoms with Gasteiger partial charge in [0, 0.05) is 5.92 Å². The standard InChI is InChI=1S/C13H21NO3/c1-12(2)7-9(12)11(17)14-13(8-10(15)16)5-3-4-6-13/h9H,3-8H2,1-2H3,(H,14,17)(H,15,16)/t9-/m1/s1. The highest BCUT2D eigenvalue weighted by molar-refractivity contribution is 5.84. The van der Waals surface area contributed by atoms with Gasteiger partial charge in [0.1, 0.15) is 0 Å². The molecule has 0 aromatic rings. The minimum absolute atomic E-state index is 0.0538. The first-order valence-electron chi connectivity index (χ1n) is 6.39. The maximum atomic E-state index is 12.1. The van der Waals surface area contributed by atoms with Gasteiger partial charge in [0.15, 0.2) is 0 Å². The van der Waals surface area contributed by atoms with Gasteiger partial charge in [0.2, 0.25) is 5.91 Å². The van der Waals surface area contributed by atoms with Gasteiger partial charge in [-0.15, -0.1) is 0 Å². The number of carbonyl (C=O) groups excluding carboxylic acids is 1. The molecule has 2 rings (SSSR count). The van der Waals surface area contributed by atoms with Crippen molar-refractivity contribution in [2.75, 3.05) is 0 Å². The lowest BCUT2D eigenvalue weighted by Gasteiger charge is -2.29. The summed E-state index contributed by atoms with van der Waals surface area (Å²) in [6.45, 7) is 4.16. The Morgan fingerprint density at radius 1 is 1.29 bits per heavy atom. The average Bonchev–Trinajstić information content (AvgIpc) is 2.62. The minimum atomic E-state index is -0.817. The number of nitrogens with one attached hydrogen (secondary N) is 1. The highest BCUT2D eigenvalue weighted by Gasteiger charge is 2.52. The number of hydrogen-bond acceptors (Lipinski definition) is 2. The van der Waals surface area contributed by atoms with E-state index in [1.807, 2.05) is 0 Å². The molecule has 1 atom stereocenters. The molecule has 1 amide bonds. The molecule has 0 unspecified atom stereocenters. The van der Waals surface area contributed by atoms with Crippen molar-refractivity contribution in [2.45, 2.75) is 57.9 Å². The van der Waals surface area contributed by atoms with Gasteiger partial charge in [0.05, 0.1) is 12.0 Å². The van der Waals surface area contributed by atoms with Crippen molar-refractivity contribution in [3.05, 3.63) is 0 Å². The van der Waals surface area contributed by atoms with Crippen LogP contribution in [0.5, 0.6) is 0 Å². The molecule has 2 saturated carbocycles. The fourth-order valence-corrected chi connectivity index (χ4v) is 2.95. The summed E-state index contributed by atoms with van der Waals surface area (Å²) in [6, 6.07) is 0. The van der Waals surface area contributed by atoms with E-state index in [4.69, 9.17) is 5.11 Å². The predicted octanol–water partition coefficient (Wildman–Crippen LogP) is 1.94. The smallest absolute Gasteiger partial charge is 0.305 e. The summed E-state index contributed by atoms with van der Waals surface area (Å²) in [6.07, 6.45) is 4.62. The van der Waals surface area contributed by atoms with Crippen LogP contribution in [0.1, 0.15) is 52.4 Å². The average molecular weight is 239 g/mol. The van der Waals surface area contributed by atoms with Crippen LogP contribution in [-0.4, -0.2) is 22.5 Å². The van der Waals surface area contributed by atoms with Crippen molar-refractivity contribution in [3.63, 3.8) is 0 Å².